The molecule has 0 spiro atoms. The summed E-state index contributed by atoms with van der Waals surface area (Å²) < 4.78 is 6.50. The van der Waals surface area contributed by atoms with Gasteiger partial charge in [-0.15, -0.1) is 10.2 Å². The van der Waals surface area contributed by atoms with Gasteiger partial charge in [-0.3, -0.25) is 10.1 Å². The summed E-state index contributed by atoms with van der Waals surface area (Å²) in [5.74, 6) is 6.33. The summed E-state index contributed by atoms with van der Waals surface area (Å²) in [5.41, 5.74) is 5.53. The van der Waals surface area contributed by atoms with Crippen LogP contribution in [0.3, 0.4) is 0 Å². The van der Waals surface area contributed by atoms with Gasteiger partial charge >= 0.3 is 6.03 Å². The molecule has 9 nitrogen and oxygen atoms in total. The van der Waals surface area contributed by atoms with Crippen molar-refractivity contribution in [2.45, 2.75) is 5.16 Å². The van der Waals surface area contributed by atoms with E-state index in [1.807, 2.05) is 17.4 Å². The standard InChI is InChI=1S/C12H14N6O3S/c1-21-8-5-3-2-4-7(8)10-16-17-12(18(10)14)22-6-9(19)15-11(13)20/h2-5H,6,14H2,1H3,(H3,13,15,19,20). The highest BCUT2D eigenvalue weighted by molar-refractivity contribution is 7.99. The Bertz CT molecular complexity index is 702. The van der Waals surface area contributed by atoms with E-state index in [2.05, 4.69) is 10.2 Å². The lowest BCUT2D eigenvalue weighted by Gasteiger charge is -2.07. The number of nitrogen functional groups attached to an aromatic ring is 1. The van der Waals surface area contributed by atoms with Crippen molar-refractivity contribution in [1.82, 2.24) is 20.2 Å². The first kappa shape index (κ1) is 15.6. The Morgan fingerprint density at radius 1 is 1.36 bits per heavy atom. The van der Waals surface area contributed by atoms with E-state index in [9.17, 15) is 9.59 Å². The SMILES string of the molecule is COc1ccccc1-c1nnc(SCC(=O)NC(N)=O)n1N. The largest absolute Gasteiger partial charge is 0.496 e. The maximum atomic E-state index is 11.4. The van der Waals surface area contributed by atoms with Crippen molar-refractivity contribution < 1.29 is 14.3 Å². The molecular formula is C12H14N6O3S. The molecule has 0 saturated carbocycles. The highest BCUT2D eigenvalue weighted by Gasteiger charge is 2.16. The number of amides is 3. The number of ether oxygens (including phenoxy) is 1. The minimum Gasteiger partial charge on any atom is -0.496 e. The molecular weight excluding hydrogens is 308 g/mol. The van der Waals surface area contributed by atoms with E-state index in [-0.39, 0.29) is 5.75 Å². The number of carbonyl (C=O) groups is 2. The number of nitrogens with one attached hydrogen (secondary N) is 1. The lowest BCUT2D eigenvalue weighted by molar-refractivity contribution is -0.117. The van der Waals surface area contributed by atoms with Crippen LogP contribution in [-0.4, -0.2) is 39.7 Å². The van der Waals surface area contributed by atoms with Crippen LogP contribution in [0, 0.1) is 0 Å². The predicted octanol–water partition coefficient (Wildman–Crippen LogP) is -0.0455. The molecule has 22 heavy (non-hydrogen) atoms. The third kappa shape index (κ3) is 3.47. The summed E-state index contributed by atoms with van der Waals surface area (Å²) in [6.45, 7) is 0. The molecule has 0 saturated heterocycles. The van der Waals surface area contributed by atoms with E-state index in [0.29, 0.717) is 22.3 Å². The molecule has 10 heteroatoms. The fraction of sp³-hybridized carbons (Fsp3) is 0.167. The summed E-state index contributed by atoms with van der Waals surface area (Å²) in [5, 5.41) is 10.2. The number of benzene rings is 1. The second-order valence-electron chi connectivity index (χ2n) is 4.08. The molecule has 0 aliphatic rings. The van der Waals surface area contributed by atoms with Crippen molar-refractivity contribution in [3.8, 4) is 17.1 Å². The summed E-state index contributed by atoms with van der Waals surface area (Å²) >= 11 is 1.03. The van der Waals surface area contributed by atoms with Crippen LogP contribution in [0.2, 0.25) is 0 Å². The van der Waals surface area contributed by atoms with Crippen LogP contribution in [0.1, 0.15) is 0 Å². The number of rotatable bonds is 5. The van der Waals surface area contributed by atoms with Gasteiger partial charge in [-0.1, -0.05) is 23.9 Å². The molecule has 1 aromatic heterocycles. The van der Waals surface area contributed by atoms with Gasteiger partial charge in [-0.2, -0.15) is 0 Å². The molecule has 5 N–H and O–H groups in total. The summed E-state index contributed by atoms with van der Waals surface area (Å²) in [7, 11) is 1.54. The third-order valence-corrected chi connectivity index (χ3v) is 3.55. The van der Waals surface area contributed by atoms with Crippen LogP contribution >= 0.6 is 11.8 Å². The van der Waals surface area contributed by atoms with E-state index >= 15 is 0 Å². The number of thioether (sulfide) groups is 1. The van der Waals surface area contributed by atoms with Gasteiger partial charge in [0.2, 0.25) is 11.1 Å². The first-order chi connectivity index (χ1) is 10.5. The Labute approximate surface area is 130 Å². The predicted molar refractivity (Wildman–Crippen MR) is 80.6 cm³/mol. The minimum atomic E-state index is -0.908. The van der Waals surface area contributed by atoms with Gasteiger partial charge in [0.15, 0.2) is 5.82 Å². The molecule has 0 radical (unpaired) electrons. The average molecular weight is 322 g/mol. The number of carbonyl (C=O) groups excluding carboxylic acids is 2. The zero-order valence-electron chi connectivity index (χ0n) is 11.6. The number of nitrogens with two attached hydrogens (primary N) is 2. The Morgan fingerprint density at radius 2 is 2.09 bits per heavy atom. The number of nitrogens with zero attached hydrogens (tertiary/aromatic N) is 3. The molecule has 0 unspecified atom stereocenters. The van der Waals surface area contributed by atoms with Crippen molar-refractivity contribution >= 4 is 23.7 Å². The molecule has 0 aliphatic carbocycles. The number of urea groups is 1. The van der Waals surface area contributed by atoms with Gasteiger partial charge in [0.25, 0.3) is 0 Å². The Balaban J connectivity index is 2.16. The fourth-order valence-electron chi connectivity index (χ4n) is 1.69. The monoisotopic (exact) mass is 322 g/mol. The molecule has 1 aromatic carbocycles. The van der Waals surface area contributed by atoms with E-state index in [4.69, 9.17) is 16.3 Å². The number of primary amides is 1. The van der Waals surface area contributed by atoms with E-state index in [1.54, 1.807) is 19.2 Å². The maximum Gasteiger partial charge on any atom is 0.318 e. The second-order valence-corrected chi connectivity index (χ2v) is 5.02. The molecule has 2 aromatic rings. The van der Waals surface area contributed by atoms with E-state index in [0.717, 1.165) is 11.8 Å². The highest BCUT2D eigenvalue weighted by Crippen LogP contribution is 2.29. The number of hydrogen-bond acceptors (Lipinski definition) is 7. The highest BCUT2D eigenvalue weighted by atomic mass is 32.2. The molecule has 3 amide bonds. The fourth-order valence-corrected chi connectivity index (χ4v) is 2.35. The van der Waals surface area contributed by atoms with Gasteiger partial charge < -0.3 is 16.3 Å². The smallest absolute Gasteiger partial charge is 0.318 e. The molecule has 116 valence electrons. The topological polar surface area (TPSA) is 138 Å². The van der Waals surface area contributed by atoms with Crippen molar-refractivity contribution in [2.24, 2.45) is 5.73 Å². The van der Waals surface area contributed by atoms with Gasteiger partial charge in [0.05, 0.1) is 18.4 Å². The van der Waals surface area contributed by atoms with Crippen LogP contribution < -0.4 is 21.6 Å². The molecule has 2 rings (SSSR count). The van der Waals surface area contributed by atoms with Crippen molar-refractivity contribution in [3.63, 3.8) is 0 Å². The third-order valence-electron chi connectivity index (χ3n) is 2.61. The number of methoxy groups -OCH3 is 1. The van der Waals surface area contributed by atoms with E-state index in [1.165, 1.54) is 4.68 Å². The molecule has 1 heterocycles. The van der Waals surface area contributed by atoms with Crippen LogP contribution in [0.5, 0.6) is 5.75 Å². The summed E-state index contributed by atoms with van der Waals surface area (Å²) in [6.07, 6.45) is 0. The quantitative estimate of drug-likeness (QED) is 0.518. The summed E-state index contributed by atoms with van der Waals surface area (Å²) in [6, 6.07) is 6.30. The molecule has 0 aliphatic heterocycles. The van der Waals surface area contributed by atoms with Gasteiger partial charge in [-0.05, 0) is 12.1 Å². The summed E-state index contributed by atoms with van der Waals surface area (Å²) in [4.78, 5) is 21.9. The number of aromatic nitrogens is 3. The van der Waals surface area contributed by atoms with Crippen LogP contribution in [0.4, 0.5) is 4.79 Å². The Morgan fingerprint density at radius 3 is 2.77 bits per heavy atom. The number of hydrogen-bond donors (Lipinski definition) is 3. The zero-order chi connectivity index (χ0) is 16.1. The molecule has 0 atom stereocenters. The second kappa shape index (κ2) is 6.80. The van der Waals surface area contributed by atoms with Crippen LogP contribution in [0.25, 0.3) is 11.4 Å². The van der Waals surface area contributed by atoms with Crippen molar-refractivity contribution in [2.75, 3.05) is 18.7 Å². The number of imide groups is 1. The Hall–Kier alpha value is -2.75. The van der Waals surface area contributed by atoms with Gasteiger partial charge in [0.1, 0.15) is 5.75 Å². The average Bonchev–Trinajstić information content (AvgIpc) is 2.85. The van der Waals surface area contributed by atoms with Crippen molar-refractivity contribution in [3.05, 3.63) is 24.3 Å². The normalized spacial score (nSPS) is 10.2. The first-order valence-electron chi connectivity index (χ1n) is 6.09. The van der Waals surface area contributed by atoms with Gasteiger partial charge in [0, 0.05) is 0 Å². The zero-order valence-corrected chi connectivity index (χ0v) is 12.5. The molecule has 0 fully saturated rings. The van der Waals surface area contributed by atoms with E-state index < -0.39 is 11.9 Å². The molecule has 0 bridgehead atoms. The lowest BCUT2D eigenvalue weighted by atomic mass is 10.2. The minimum absolute atomic E-state index is 0.0653. The first-order valence-corrected chi connectivity index (χ1v) is 7.07. The lowest BCUT2D eigenvalue weighted by Crippen LogP contribution is -2.36. The van der Waals surface area contributed by atoms with Crippen LogP contribution in [0.15, 0.2) is 29.4 Å². The van der Waals surface area contributed by atoms with Crippen molar-refractivity contribution in [1.29, 1.82) is 0 Å². The van der Waals surface area contributed by atoms with Gasteiger partial charge in [-0.25, -0.2) is 9.47 Å². The van der Waals surface area contributed by atoms with Crippen LogP contribution in [-0.2, 0) is 4.79 Å². The Kier molecular flexibility index (Phi) is 4.84. The maximum absolute atomic E-state index is 11.4. The number of para-hydroxylation sites is 1.